The first-order valence-electron chi connectivity index (χ1n) is 6.06. The molecule has 2 aromatic rings. The second-order valence-corrected chi connectivity index (χ2v) is 4.79. The highest BCUT2D eigenvalue weighted by Gasteiger charge is 2.04. The van der Waals surface area contributed by atoms with Crippen molar-refractivity contribution >= 4 is 24.0 Å². The predicted octanol–water partition coefficient (Wildman–Crippen LogP) is 3.42. The van der Waals surface area contributed by atoms with Crippen molar-refractivity contribution in [3.05, 3.63) is 59.1 Å². The Morgan fingerprint density at radius 2 is 1.80 bits per heavy atom. The lowest BCUT2D eigenvalue weighted by Crippen LogP contribution is -2.26. The van der Waals surface area contributed by atoms with Gasteiger partial charge < -0.3 is 15.6 Å². The Morgan fingerprint density at radius 3 is 2.45 bits per heavy atom. The number of hydrogen-bond donors (Lipinski definition) is 2. The van der Waals surface area contributed by atoms with Gasteiger partial charge in [0.1, 0.15) is 11.5 Å². The molecular formula is C15H17Cl2NO2. The van der Waals surface area contributed by atoms with Crippen LogP contribution in [0.1, 0.15) is 5.56 Å². The van der Waals surface area contributed by atoms with Gasteiger partial charge in [-0.3, -0.25) is 0 Å². The third-order valence-corrected chi connectivity index (χ3v) is 2.93. The van der Waals surface area contributed by atoms with Crippen LogP contribution in [0.3, 0.4) is 0 Å². The van der Waals surface area contributed by atoms with Crippen LogP contribution in [0.5, 0.6) is 11.5 Å². The molecule has 0 amide bonds. The summed E-state index contributed by atoms with van der Waals surface area (Å²) in [6, 6.07) is 14.6. The first kappa shape index (κ1) is 16.8. The summed E-state index contributed by atoms with van der Waals surface area (Å²) in [6.07, 6.45) is 0.619. The van der Waals surface area contributed by atoms with Gasteiger partial charge >= 0.3 is 0 Å². The first-order chi connectivity index (χ1) is 9.17. The number of halogens is 2. The van der Waals surface area contributed by atoms with E-state index in [9.17, 15) is 0 Å². The third-order valence-electron chi connectivity index (χ3n) is 2.68. The molecule has 0 aliphatic heterocycles. The van der Waals surface area contributed by atoms with Crippen molar-refractivity contribution < 1.29 is 9.84 Å². The first-order valence-corrected chi connectivity index (χ1v) is 6.44. The summed E-state index contributed by atoms with van der Waals surface area (Å²) in [5.41, 5.74) is 6.75. The van der Waals surface area contributed by atoms with Gasteiger partial charge in [0, 0.05) is 11.1 Å². The van der Waals surface area contributed by atoms with Crippen molar-refractivity contribution in [3.63, 3.8) is 0 Å². The second-order valence-electron chi connectivity index (χ2n) is 4.35. The molecule has 3 N–H and O–H groups in total. The molecule has 0 aliphatic rings. The van der Waals surface area contributed by atoms with Gasteiger partial charge in [0.15, 0.2) is 0 Å². The van der Waals surface area contributed by atoms with E-state index in [0.717, 1.165) is 17.1 Å². The standard InChI is InChI=1S/C15H16ClNO2.ClH/c16-12-4-6-14(7-5-12)19-15-3-1-2-11(9-15)8-13(17)10-18;/h1-7,9,13,18H,8,10,17H2;1H. The quantitative estimate of drug-likeness (QED) is 0.889. The zero-order chi connectivity index (χ0) is 13.7. The molecule has 0 bridgehead atoms. The van der Waals surface area contributed by atoms with E-state index in [0.29, 0.717) is 11.4 Å². The maximum absolute atomic E-state index is 8.96. The van der Waals surface area contributed by atoms with Gasteiger partial charge in [0.05, 0.1) is 6.61 Å². The number of hydrogen-bond acceptors (Lipinski definition) is 3. The van der Waals surface area contributed by atoms with E-state index in [1.54, 1.807) is 12.1 Å². The van der Waals surface area contributed by atoms with Gasteiger partial charge in [-0.05, 0) is 48.4 Å². The molecule has 2 rings (SSSR count). The predicted molar refractivity (Wildman–Crippen MR) is 84.0 cm³/mol. The summed E-state index contributed by atoms with van der Waals surface area (Å²) in [7, 11) is 0. The molecule has 0 aliphatic carbocycles. The highest BCUT2D eigenvalue weighted by molar-refractivity contribution is 6.30. The summed E-state index contributed by atoms with van der Waals surface area (Å²) in [5.74, 6) is 1.47. The van der Waals surface area contributed by atoms with Gasteiger partial charge in [-0.1, -0.05) is 23.7 Å². The molecule has 108 valence electrons. The van der Waals surface area contributed by atoms with Gasteiger partial charge in [0.25, 0.3) is 0 Å². The lowest BCUT2D eigenvalue weighted by atomic mass is 10.1. The normalized spacial score (nSPS) is 11.6. The van der Waals surface area contributed by atoms with Crippen LogP contribution in [0.15, 0.2) is 48.5 Å². The second kappa shape index (κ2) is 8.12. The molecular weight excluding hydrogens is 297 g/mol. The Balaban J connectivity index is 0.00000200. The van der Waals surface area contributed by atoms with Crippen LogP contribution in [0.25, 0.3) is 0 Å². The zero-order valence-electron chi connectivity index (χ0n) is 10.8. The molecule has 0 heterocycles. The smallest absolute Gasteiger partial charge is 0.127 e. The van der Waals surface area contributed by atoms with E-state index in [4.69, 9.17) is 27.2 Å². The van der Waals surface area contributed by atoms with Crippen LogP contribution in [0, 0.1) is 0 Å². The van der Waals surface area contributed by atoms with E-state index in [1.807, 2.05) is 36.4 Å². The number of aliphatic hydroxyl groups is 1. The van der Waals surface area contributed by atoms with Gasteiger partial charge in [-0.2, -0.15) is 0 Å². The average molecular weight is 314 g/mol. The van der Waals surface area contributed by atoms with Crippen LogP contribution < -0.4 is 10.5 Å². The number of nitrogens with two attached hydrogens (primary N) is 1. The molecule has 2 aromatic carbocycles. The molecule has 5 heteroatoms. The summed E-state index contributed by atoms with van der Waals surface area (Å²) >= 11 is 5.82. The highest BCUT2D eigenvalue weighted by Crippen LogP contribution is 2.24. The largest absolute Gasteiger partial charge is 0.457 e. The minimum Gasteiger partial charge on any atom is -0.457 e. The van der Waals surface area contributed by atoms with Crippen molar-refractivity contribution in [3.8, 4) is 11.5 Å². The Kier molecular flexibility index (Phi) is 6.82. The molecule has 0 aromatic heterocycles. The number of aliphatic hydroxyl groups excluding tert-OH is 1. The summed E-state index contributed by atoms with van der Waals surface area (Å²) in [5, 5.41) is 9.63. The van der Waals surface area contributed by atoms with Crippen molar-refractivity contribution in [2.75, 3.05) is 6.61 Å². The zero-order valence-corrected chi connectivity index (χ0v) is 12.4. The maximum atomic E-state index is 8.96. The number of ether oxygens (including phenoxy) is 1. The number of rotatable bonds is 5. The Morgan fingerprint density at radius 1 is 1.10 bits per heavy atom. The minimum atomic E-state index is -0.245. The van der Waals surface area contributed by atoms with E-state index in [2.05, 4.69) is 0 Å². The van der Waals surface area contributed by atoms with E-state index < -0.39 is 0 Å². The van der Waals surface area contributed by atoms with Gasteiger partial charge in [-0.25, -0.2) is 0 Å². The molecule has 0 fully saturated rings. The molecule has 0 spiro atoms. The molecule has 0 saturated heterocycles. The van der Waals surface area contributed by atoms with E-state index in [1.165, 1.54) is 0 Å². The number of benzene rings is 2. The molecule has 20 heavy (non-hydrogen) atoms. The minimum absolute atomic E-state index is 0. The van der Waals surface area contributed by atoms with Crippen molar-refractivity contribution in [2.24, 2.45) is 5.73 Å². The van der Waals surface area contributed by atoms with Crippen molar-refractivity contribution in [1.82, 2.24) is 0 Å². The SMILES string of the molecule is Cl.NC(CO)Cc1cccc(Oc2ccc(Cl)cc2)c1. The average Bonchev–Trinajstić information content (AvgIpc) is 2.42. The monoisotopic (exact) mass is 313 g/mol. The summed E-state index contributed by atoms with van der Waals surface area (Å²) < 4.78 is 5.73. The fourth-order valence-corrected chi connectivity index (χ4v) is 1.87. The van der Waals surface area contributed by atoms with Crippen LogP contribution >= 0.6 is 24.0 Å². The fraction of sp³-hybridized carbons (Fsp3) is 0.200. The van der Waals surface area contributed by atoms with Crippen molar-refractivity contribution in [2.45, 2.75) is 12.5 Å². The maximum Gasteiger partial charge on any atom is 0.127 e. The third kappa shape index (κ3) is 5.02. The molecule has 1 unspecified atom stereocenters. The highest BCUT2D eigenvalue weighted by atomic mass is 35.5. The van der Waals surface area contributed by atoms with Crippen LogP contribution in [-0.4, -0.2) is 17.8 Å². The lowest BCUT2D eigenvalue weighted by Gasteiger charge is -2.10. The molecule has 3 nitrogen and oxygen atoms in total. The topological polar surface area (TPSA) is 55.5 Å². The van der Waals surface area contributed by atoms with E-state index >= 15 is 0 Å². The van der Waals surface area contributed by atoms with Crippen LogP contribution in [-0.2, 0) is 6.42 Å². The summed E-state index contributed by atoms with van der Waals surface area (Å²) in [6.45, 7) is -0.0255. The van der Waals surface area contributed by atoms with E-state index in [-0.39, 0.29) is 25.1 Å². The van der Waals surface area contributed by atoms with Crippen LogP contribution in [0.4, 0.5) is 0 Å². The summed E-state index contributed by atoms with van der Waals surface area (Å²) in [4.78, 5) is 0. The molecule has 0 radical (unpaired) electrons. The Bertz CT molecular complexity index is 532. The Labute approximate surface area is 129 Å². The molecule has 1 atom stereocenters. The van der Waals surface area contributed by atoms with Crippen LogP contribution in [0.2, 0.25) is 5.02 Å². The lowest BCUT2D eigenvalue weighted by molar-refractivity contribution is 0.265. The molecule has 0 saturated carbocycles. The van der Waals surface area contributed by atoms with Crippen molar-refractivity contribution in [1.29, 1.82) is 0 Å². The van der Waals surface area contributed by atoms with Gasteiger partial charge in [-0.15, -0.1) is 12.4 Å². The van der Waals surface area contributed by atoms with Gasteiger partial charge in [0.2, 0.25) is 0 Å². The Hall–Kier alpha value is -1.26. The fourth-order valence-electron chi connectivity index (χ4n) is 1.74.